The van der Waals surface area contributed by atoms with E-state index >= 15 is 0 Å². The lowest BCUT2D eigenvalue weighted by Crippen LogP contribution is -2.35. The van der Waals surface area contributed by atoms with Gasteiger partial charge in [0.1, 0.15) is 11.6 Å². The second-order valence-corrected chi connectivity index (χ2v) is 8.27. The van der Waals surface area contributed by atoms with Crippen molar-refractivity contribution in [2.24, 2.45) is 5.92 Å². The largest absolute Gasteiger partial charge is 0.356 e. The highest BCUT2D eigenvalue weighted by Crippen LogP contribution is 2.18. The summed E-state index contributed by atoms with van der Waals surface area (Å²) in [6.45, 7) is 10.5. The minimum atomic E-state index is 0.0775. The van der Waals surface area contributed by atoms with Crippen molar-refractivity contribution in [3.63, 3.8) is 0 Å². The van der Waals surface area contributed by atoms with E-state index in [1.54, 1.807) is 4.52 Å². The molecule has 1 N–H and O–H groups in total. The van der Waals surface area contributed by atoms with Crippen LogP contribution in [-0.4, -0.2) is 51.6 Å². The summed E-state index contributed by atoms with van der Waals surface area (Å²) in [5, 5.41) is 16.5. The van der Waals surface area contributed by atoms with Crippen LogP contribution in [0.2, 0.25) is 0 Å². The lowest BCUT2D eigenvalue weighted by atomic mass is 10.0. The van der Waals surface area contributed by atoms with Gasteiger partial charge in [-0.25, -0.2) is 9.50 Å². The Labute approximate surface area is 173 Å². The number of amides is 1. The molecule has 0 aliphatic carbocycles. The van der Waals surface area contributed by atoms with Crippen molar-refractivity contribution in [2.45, 2.75) is 59.3 Å². The molecule has 1 aliphatic heterocycles. The maximum Gasteiger partial charge on any atom is 0.220 e. The van der Waals surface area contributed by atoms with Gasteiger partial charge in [0.05, 0.1) is 6.20 Å². The van der Waals surface area contributed by atoms with Crippen LogP contribution in [0.25, 0.3) is 5.65 Å². The zero-order chi connectivity index (χ0) is 20.8. The van der Waals surface area contributed by atoms with Crippen LogP contribution in [0.1, 0.15) is 61.5 Å². The van der Waals surface area contributed by atoms with Crippen LogP contribution in [-0.2, 0) is 11.2 Å². The molecule has 29 heavy (non-hydrogen) atoms. The summed E-state index contributed by atoms with van der Waals surface area (Å²) >= 11 is 0. The van der Waals surface area contributed by atoms with Crippen molar-refractivity contribution >= 4 is 11.6 Å². The maximum absolute atomic E-state index is 12.3. The first-order chi connectivity index (χ1) is 14.0. The Hall–Kier alpha value is -2.46. The number of likely N-dealkylation sites (tertiary alicyclic amines) is 1. The first kappa shape index (κ1) is 21.3. The van der Waals surface area contributed by atoms with Crippen LogP contribution in [0.15, 0.2) is 6.20 Å². The summed E-state index contributed by atoms with van der Waals surface area (Å²) in [5.41, 5.74) is 3.88. The zero-order valence-electron chi connectivity index (χ0n) is 17.9. The topological polar surface area (TPSA) is 86.3 Å². The van der Waals surface area contributed by atoms with E-state index in [0.29, 0.717) is 24.1 Å². The van der Waals surface area contributed by atoms with Crippen molar-refractivity contribution in [1.29, 1.82) is 5.26 Å². The number of aromatic nitrogens is 3. The number of carbonyl (C=O) groups excluding carboxylic acids is 1. The van der Waals surface area contributed by atoms with Crippen molar-refractivity contribution in [1.82, 2.24) is 24.8 Å². The third-order valence-electron chi connectivity index (χ3n) is 5.90. The number of nitrogens with one attached hydrogen (secondary N) is 1. The molecule has 2 aromatic rings. The van der Waals surface area contributed by atoms with Gasteiger partial charge in [-0.1, -0.05) is 6.92 Å². The molecule has 7 heteroatoms. The van der Waals surface area contributed by atoms with E-state index in [0.717, 1.165) is 48.8 Å². The Bertz CT molecular complexity index is 897. The fourth-order valence-corrected chi connectivity index (χ4v) is 4.26. The average molecular weight is 397 g/mol. The number of hydrogen-bond donors (Lipinski definition) is 1. The fraction of sp³-hybridized carbons (Fsp3) is 0.636. The molecule has 1 saturated heterocycles. The maximum atomic E-state index is 12.3. The van der Waals surface area contributed by atoms with Gasteiger partial charge in [-0.3, -0.25) is 4.79 Å². The molecule has 3 heterocycles. The van der Waals surface area contributed by atoms with Gasteiger partial charge < -0.3 is 10.2 Å². The highest BCUT2D eigenvalue weighted by Gasteiger charge is 2.16. The second kappa shape index (κ2) is 9.84. The van der Waals surface area contributed by atoms with Gasteiger partial charge in [-0.05, 0) is 70.5 Å². The minimum absolute atomic E-state index is 0.0775. The number of piperidine rings is 1. The summed E-state index contributed by atoms with van der Waals surface area (Å²) < 4.78 is 1.69. The third-order valence-corrected chi connectivity index (χ3v) is 5.90. The van der Waals surface area contributed by atoms with Crippen molar-refractivity contribution in [3.05, 3.63) is 28.7 Å². The number of hydrogen-bond acceptors (Lipinski definition) is 5. The molecule has 1 atom stereocenters. The molecule has 1 unspecified atom stereocenters. The molecule has 0 saturated carbocycles. The smallest absolute Gasteiger partial charge is 0.220 e. The van der Waals surface area contributed by atoms with E-state index in [1.807, 2.05) is 13.8 Å². The molecule has 0 aromatic carbocycles. The van der Waals surface area contributed by atoms with Crippen LogP contribution in [0.5, 0.6) is 0 Å². The molecule has 0 spiro atoms. The van der Waals surface area contributed by atoms with Crippen molar-refractivity contribution in [2.75, 3.05) is 26.2 Å². The van der Waals surface area contributed by atoms with E-state index < -0.39 is 0 Å². The molecule has 7 nitrogen and oxygen atoms in total. The molecule has 1 amide bonds. The van der Waals surface area contributed by atoms with Gasteiger partial charge >= 0.3 is 0 Å². The van der Waals surface area contributed by atoms with Crippen LogP contribution in [0.3, 0.4) is 0 Å². The number of carbonyl (C=O) groups is 1. The quantitative estimate of drug-likeness (QED) is 0.694. The molecule has 2 aromatic heterocycles. The van der Waals surface area contributed by atoms with Crippen LogP contribution < -0.4 is 5.32 Å². The predicted molar refractivity (Wildman–Crippen MR) is 113 cm³/mol. The predicted octanol–water partition coefficient (Wildman–Crippen LogP) is 2.78. The van der Waals surface area contributed by atoms with Crippen molar-refractivity contribution in [3.8, 4) is 6.07 Å². The van der Waals surface area contributed by atoms with Crippen LogP contribution in [0.4, 0.5) is 0 Å². The molecule has 1 aliphatic rings. The standard InChI is InChI=1S/C22H32N6O/c1-16-7-6-12-27(15-16)11-5-4-10-24-21(29)9-8-20-17(2)26-22-19(13-23)14-25-28(22)18(20)3/h14,16H,4-12,15H2,1-3H3,(H,24,29). The Morgan fingerprint density at radius 2 is 2.21 bits per heavy atom. The number of rotatable bonds is 8. The summed E-state index contributed by atoms with van der Waals surface area (Å²) in [4.78, 5) is 19.3. The number of unbranched alkanes of at least 4 members (excludes halogenated alkanes) is 1. The normalized spacial score (nSPS) is 17.4. The van der Waals surface area contributed by atoms with Crippen LogP contribution >= 0.6 is 0 Å². The van der Waals surface area contributed by atoms with Crippen molar-refractivity contribution < 1.29 is 4.79 Å². The molecule has 156 valence electrons. The zero-order valence-corrected chi connectivity index (χ0v) is 17.9. The molecular weight excluding hydrogens is 364 g/mol. The van der Waals surface area contributed by atoms with E-state index in [1.165, 1.54) is 32.1 Å². The summed E-state index contributed by atoms with van der Waals surface area (Å²) in [5.74, 6) is 0.894. The fourth-order valence-electron chi connectivity index (χ4n) is 4.26. The summed E-state index contributed by atoms with van der Waals surface area (Å²) in [6, 6.07) is 2.12. The molecule has 3 rings (SSSR count). The van der Waals surface area contributed by atoms with Gasteiger partial charge in [0, 0.05) is 30.9 Å². The Kier molecular flexibility index (Phi) is 7.21. The number of aryl methyl sites for hydroxylation is 2. The van der Waals surface area contributed by atoms with Crippen LogP contribution in [0, 0.1) is 31.1 Å². The van der Waals surface area contributed by atoms with Gasteiger partial charge in [0.2, 0.25) is 5.91 Å². The second-order valence-electron chi connectivity index (χ2n) is 8.27. The van der Waals surface area contributed by atoms with E-state index in [9.17, 15) is 4.79 Å². The molecule has 1 fully saturated rings. The highest BCUT2D eigenvalue weighted by atomic mass is 16.1. The van der Waals surface area contributed by atoms with Gasteiger partial charge in [0.15, 0.2) is 5.65 Å². The lowest BCUT2D eigenvalue weighted by molar-refractivity contribution is -0.121. The first-order valence-electron chi connectivity index (χ1n) is 10.7. The third kappa shape index (κ3) is 5.33. The minimum Gasteiger partial charge on any atom is -0.356 e. The van der Waals surface area contributed by atoms with E-state index in [4.69, 9.17) is 5.26 Å². The Morgan fingerprint density at radius 3 is 2.97 bits per heavy atom. The number of nitrogens with zero attached hydrogens (tertiary/aromatic N) is 5. The van der Waals surface area contributed by atoms with E-state index in [-0.39, 0.29) is 5.91 Å². The first-order valence-corrected chi connectivity index (χ1v) is 10.7. The summed E-state index contributed by atoms with van der Waals surface area (Å²) in [7, 11) is 0. The number of nitriles is 1. The highest BCUT2D eigenvalue weighted by molar-refractivity contribution is 5.76. The van der Waals surface area contributed by atoms with E-state index in [2.05, 4.69) is 33.3 Å². The Morgan fingerprint density at radius 1 is 1.38 bits per heavy atom. The Balaban J connectivity index is 1.42. The van der Waals surface area contributed by atoms with Gasteiger partial charge in [-0.15, -0.1) is 0 Å². The molecule has 0 bridgehead atoms. The monoisotopic (exact) mass is 396 g/mol. The lowest BCUT2D eigenvalue weighted by Gasteiger charge is -2.30. The molecular formula is C22H32N6O. The SMILES string of the molecule is Cc1nc2c(C#N)cnn2c(C)c1CCC(=O)NCCCCN1CCCC(C)C1. The number of fused-ring (bicyclic) bond motifs is 1. The molecule has 0 radical (unpaired) electrons. The van der Waals surface area contributed by atoms with Gasteiger partial charge in [-0.2, -0.15) is 10.4 Å². The average Bonchev–Trinajstić information content (AvgIpc) is 3.10. The summed E-state index contributed by atoms with van der Waals surface area (Å²) in [6.07, 6.45) is 7.42. The van der Waals surface area contributed by atoms with Gasteiger partial charge in [0.25, 0.3) is 0 Å².